The highest BCUT2D eigenvalue weighted by molar-refractivity contribution is 6.43. The molecule has 1 aliphatic rings. The Hall–Kier alpha value is -3.39. The van der Waals surface area contributed by atoms with Crippen molar-refractivity contribution in [3.05, 3.63) is 98.2 Å². The maximum Gasteiger partial charge on any atom is 0.335 e. The summed E-state index contributed by atoms with van der Waals surface area (Å²) in [5, 5.41) is 2.82. The normalized spacial score (nSPS) is 15.0. The van der Waals surface area contributed by atoms with Crippen molar-refractivity contribution in [3.63, 3.8) is 0 Å². The predicted octanol–water partition coefficient (Wildman–Crippen LogP) is 6.03. The fraction of sp³-hybridized carbons (Fsp3) is 0.0417. The van der Waals surface area contributed by atoms with Gasteiger partial charge in [0.1, 0.15) is 23.7 Å². The largest absolute Gasteiger partial charge is 0.488 e. The summed E-state index contributed by atoms with van der Waals surface area (Å²) in [4.78, 5) is 38.8. The average molecular weight is 520 g/mol. The van der Waals surface area contributed by atoms with Crippen molar-refractivity contribution in [1.82, 2.24) is 5.32 Å². The molecule has 0 spiro atoms. The number of benzene rings is 3. The molecule has 3 aromatic carbocycles. The van der Waals surface area contributed by atoms with E-state index < -0.39 is 23.7 Å². The second-order valence-corrected chi connectivity index (χ2v) is 8.41. The molecule has 0 unspecified atom stereocenters. The van der Waals surface area contributed by atoms with Crippen LogP contribution in [0.15, 0.2) is 66.2 Å². The van der Waals surface area contributed by atoms with Gasteiger partial charge in [0.2, 0.25) is 0 Å². The average Bonchev–Trinajstić information content (AvgIpc) is 2.78. The summed E-state index contributed by atoms with van der Waals surface area (Å²) >= 11 is 18.1. The van der Waals surface area contributed by atoms with Gasteiger partial charge < -0.3 is 4.74 Å². The van der Waals surface area contributed by atoms with Crippen molar-refractivity contribution in [1.29, 1.82) is 0 Å². The number of imide groups is 2. The number of hydrogen-bond acceptors (Lipinski definition) is 4. The van der Waals surface area contributed by atoms with Gasteiger partial charge in [0, 0.05) is 10.6 Å². The Morgan fingerprint density at radius 2 is 1.74 bits per heavy atom. The Morgan fingerprint density at radius 1 is 0.941 bits per heavy atom. The number of ether oxygens (including phenoxy) is 1. The second-order valence-electron chi connectivity index (χ2n) is 7.16. The number of nitrogens with zero attached hydrogens (tertiary/aromatic N) is 1. The Morgan fingerprint density at radius 3 is 2.47 bits per heavy atom. The van der Waals surface area contributed by atoms with Crippen molar-refractivity contribution in [2.24, 2.45) is 0 Å². The van der Waals surface area contributed by atoms with E-state index in [2.05, 4.69) is 5.32 Å². The van der Waals surface area contributed by atoms with Gasteiger partial charge in [-0.05, 0) is 60.2 Å². The van der Waals surface area contributed by atoms with Gasteiger partial charge in [0.15, 0.2) is 0 Å². The van der Waals surface area contributed by atoms with E-state index in [0.29, 0.717) is 21.9 Å². The first kappa shape index (κ1) is 23.8. The number of amides is 4. The zero-order valence-corrected chi connectivity index (χ0v) is 19.4. The first-order chi connectivity index (χ1) is 16.2. The number of anilines is 1. The third kappa shape index (κ3) is 5.07. The van der Waals surface area contributed by atoms with Gasteiger partial charge in [-0.15, -0.1) is 0 Å². The maximum absolute atomic E-state index is 13.5. The van der Waals surface area contributed by atoms with Crippen molar-refractivity contribution in [2.45, 2.75) is 6.61 Å². The Kier molecular flexibility index (Phi) is 6.88. The van der Waals surface area contributed by atoms with Gasteiger partial charge in [0.05, 0.1) is 15.7 Å². The zero-order valence-electron chi connectivity index (χ0n) is 17.2. The molecule has 1 heterocycles. The minimum atomic E-state index is -0.931. The van der Waals surface area contributed by atoms with Crippen molar-refractivity contribution in [2.75, 3.05) is 4.90 Å². The van der Waals surface area contributed by atoms with Gasteiger partial charge in [-0.25, -0.2) is 14.1 Å². The first-order valence-corrected chi connectivity index (χ1v) is 10.9. The second kappa shape index (κ2) is 9.85. The predicted molar refractivity (Wildman–Crippen MR) is 128 cm³/mol. The third-order valence-electron chi connectivity index (χ3n) is 4.82. The van der Waals surface area contributed by atoms with Crippen molar-refractivity contribution < 1.29 is 23.5 Å². The number of rotatable bonds is 5. The molecule has 0 atom stereocenters. The van der Waals surface area contributed by atoms with Gasteiger partial charge in [-0.1, -0.05) is 46.9 Å². The minimum Gasteiger partial charge on any atom is -0.488 e. The van der Waals surface area contributed by atoms with Crippen LogP contribution in [0.5, 0.6) is 5.75 Å². The van der Waals surface area contributed by atoms with E-state index in [4.69, 9.17) is 39.5 Å². The van der Waals surface area contributed by atoms with E-state index in [9.17, 15) is 18.8 Å². The highest BCUT2D eigenvalue weighted by Crippen LogP contribution is 2.31. The molecule has 4 rings (SSSR count). The number of carbonyl (C=O) groups excluding carboxylic acids is 3. The van der Waals surface area contributed by atoms with Crippen molar-refractivity contribution >= 4 is 64.4 Å². The standard InChI is InChI=1S/C24H14Cl3FN2O4/c25-15-4-7-21(34-12-13-2-1-3-16(28)8-13)14(9-15)10-18-22(31)29-24(33)30(23(18)32)17-5-6-19(26)20(27)11-17/h1-11H,12H2,(H,29,31,33)/b18-10+. The highest BCUT2D eigenvalue weighted by Gasteiger charge is 2.37. The molecule has 0 aliphatic carbocycles. The van der Waals surface area contributed by atoms with Crippen LogP contribution in [-0.4, -0.2) is 17.8 Å². The van der Waals surface area contributed by atoms with Gasteiger partial charge in [0.25, 0.3) is 11.8 Å². The Balaban J connectivity index is 1.68. The summed E-state index contributed by atoms with van der Waals surface area (Å²) in [5.41, 5.74) is 0.690. The van der Waals surface area contributed by atoms with Crippen LogP contribution in [0.1, 0.15) is 11.1 Å². The molecule has 6 nitrogen and oxygen atoms in total. The summed E-state index contributed by atoms with van der Waals surface area (Å²) in [7, 11) is 0. The lowest BCUT2D eigenvalue weighted by molar-refractivity contribution is -0.122. The van der Waals surface area contributed by atoms with E-state index in [1.807, 2.05) is 0 Å². The smallest absolute Gasteiger partial charge is 0.335 e. The van der Waals surface area contributed by atoms with E-state index in [1.165, 1.54) is 42.5 Å². The molecule has 1 N–H and O–H groups in total. The number of barbiturate groups is 1. The van der Waals surface area contributed by atoms with Crippen LogP contribution in [0.2, 0.25) is 15.1 Å². The summed E-state index contributed by atoms with van der Waals surface area (Å²) in [5.74, 6) is -1.87. The number of urea groups is 1. The molecule has 34 heavy (non-hydrogen) atoms. The topological polar surface area (TPSA) is 75.7 Å². The van der Waals surface area contributed by atoms with Crippen LogP contribution in [0, 0.1) is 5.82 Å². The molecule has 1 saturated heterocycles. The molecule has 0 aromatic heterocycles. The lowest BCUT2D eigenvalue weighted by atomic mass is 10.1. The van der Waals surface area contributed by atoms with Crippen LogP contribution in [0.25, 0.3) is 6.08 Å². The lowest BCUT2D eigenvalue weighted by Gasteiger charge is -2.26. The lowest BCUT2D eigenvalue weighted by Crippen LogP contribution is -2.54. The van der Waals surface area contributed by atoms with Crippen molar-refractivity contribution in [3.8, 4) is 5.75 Å². The molecule has 3 aromatic rings. The number of carbonyl (C=O) groups is 3. The molecule has 1 fully saturated rings. The highest BCUT2D eigenvalue weighted by atomic mass is 35.5. The first-order valence-electron chi connectivity index (χ1n) is 9.76. The van der Waals surface area contributed by atoms with Crippen LogP contribution in [-0.2, 0) is 16.2 Å². The van der Waals surface area contributed by atoms with E-state index >= 15 is 0 Å². The molecule has 0 radical (unpaired) electrons. The minimum absolute atomic E-state index is 0.0313. The SMILES string of the molecule is O=C1NC(=O)N(c2ccc(Cl)c(Cl)c2)C(=O)/C1=C/c1cc(Cl)ccc1OCc1cccc(F)c1. The monoisotopic (exact) mass is 518 g/mol. The zero-order chi connectivity index (χ0) is 24.4. The Bertz CT molecular complexity index is 1360. The third-order valence-corrected chi connectivity index (χ3v) is 5.79. The van der Waals surface area contributed by atoms with Crippen LogP contribution < -0.4 is 15.0 Å². The van der Waals surface area contributed by atoms with Gasteiger partial charge >= 0.3 is 6.03 Å². The number of halogens is 4. The molecular weight excluding hydrogens is 506 g/mol. The van der Waals surface area contributed by atoms with Crippen LogP contribution >= 0.6 is 34.8 Å². The molecule has 1 aliphatic heterocycles. The summed E-state index contributed by atoms with van der Waals surface area (Å²) in [6, 6.07) is 13.8. The molecule has 10 heteroatoms. The summed E-state index contributed by atoms with van der Waals surface area (Å²) in [6.07, 6.45) is 1.27. The molecule has 172 valence electrons. The molecule has 0 bridgehead atoms. The fourth-order valence-corrected chi connectivity index (χ4v) is 3.70. The summed E-state index contributed by atoms with van der Waals surface area (Å²) < 4.78 is 19.2. The molecular formula is C24H14Cl3FN2O4. The number of nitrogens with one attached hydrogen (secondary N) is 1. The Labute approximate surface area is 208 Å². The van der Waals surface area contributed by atoms with E-state index in [1.54, 1.807) is 24.3 Å². The number of hydrogen-bond donors (Lipinski definition) is 1. The van der Waals surface area contributed by atoms with Gasteiger partial charge in [-0.3, -0.25) is 14.9 Å². The van der Waals surface area contributed by atoms with E-state index in [0.717, 1.165) is 4.90 Å². The van der Waals surface area contributed by atoms with Crippen LogP contribution in [0.3, 0.4) is 0 Å². The molecule has 0 saturated carbocycles. The van der Waals surface area contributed by atoms with Crippen LogP contribution in [0.4, 0.5) is 14.9 Å². The van der Waals surface area contributed by atoms with Gasteiger partial charge in [-0.2, -0.15) is 0 Å². The fourth-order valence-electron chi connectivity index (χ4n) is 3.22. The maximum atomic E-state index is 13.5. The van der Waals surface area contributed by atoms with E-state index in [-0.39, 0.29) is 27.9 Å². The molecule has 4 amide bonds. The summed E-state index contributed by atoms with van der Waals surface area (Å²) in [6.45, 7) is 0.0313. The quantitative estimate of drug-likeness (QED) is 0.330.